The van der Waals surface area contributed by atoms with E-state index in [0.717, 1.165) is 25.8 Å². The topological polar surface area (TPSA) is 40.6 Å². The van der Waals surface area contributed by atoms with Crippen molar-refractivity contribution in [1.82, 2.24) is 9.80 Å². The van der Waals surface area contributed by atoms with Crippen molar-refractivity contribution < 1.29 is 9.59 Å². The van der Waals surface area contributed by atoms with Crippen LogP contribution < -0.4 is 0 Å². The van der Waals surface area contributed by atoms with Crippen molar-refractivity contribution >= 4 is 11.8 Å². The number of rotatable bonds is 7. The van der Waals surface area contributed by atoms with Gasteiger partial charge in [0.25, 0.3) is 0 Å². The van der Waals surface area contributed by atoms with Crippen LogP contribution in [0.1, 0.15) is 36.5 Å². The molecular weight excluding hydrogens is 336 g/mol. The average Bonchev–Trinajstić information content (AvgIpc) is 2.70. The summed E-state index contributed by atoms with van der Waals surface area (Å²) < 4.78 is 0. The summed E-state index contributed by atoms with van der Waals surface area (Å²) in [7, 11) is 0. The molecule has 27 heavy (non-hydrogen) atoms. The number of fused-ring (bicyclic) bond motifs is 1. The van der Waals surface area contributed by atoms with Crippen LogP contribution in [0.4, 0.5) is 0 Å². The fourth-order valence-corrected chi connectivity index (χ4v) is 3.64. The summed E-state index contributed by atoms with van der Waals surface area (Å²) in [6.07, 6.45) is 3.17. The molecule has 0 saturated heterocycles. The highest BCUT2D eigenvalue weighted by molar-refractivity contribution is 5.78. The van der Waals surface area contributed by atoms with Crippen LogP contribution in [0.15, 0.2) is 54.6 Å². The SMILES string of the molecule is CC(=O)N(CCCc1ccccc1)CCC(=O)N1CCc2ccccc2C1. The maximum absolute atomic E-state index is 12.6. The van der Waals surface area contributed by atoms with Crippen molar-refractivity contribution in [2.75, 3.05) is 19.6 Å². The molecule has 0 atom stereocenters. The molecular formula is C23H28N2O2. The lowest BCUT2D eigenvalue weighted by Crippen LogP contribution is -2.39. The van der Waals surface area contributed by atoms with Crippen molar-refractivity contribution in [2.24, 2.45) is 0 Å². The van der Waals surface area contributed by atoms with Crippen LogP contribution in [0.3, 0.4) is 0 Å². The van der Waals surface area contributed by atoms with Crippen LogP contribution in [-0.4, -0.2) is 41.2 Å². The van der Waals surface area contributed by atoms with E-state index < -0.39 is 0 Å². The zero-order valence-corrected chi connectivity index (χ0v) is 16.1. The molecule has 2 aromatic carbocycles. The highest BCUT2D eigenvalue weighted by Gasteiger charge is 2.21. The molecule has 1 aliphatic heterocycles. The van der Waals surface area contributed by atoms with Crippen LogP contribution in [0, 0.1) is 0 Å². The lowest BCUT2D eigenvalue weighted by molar-refractivity contribution is -0.134. The maximum atomic E-state index is 12.6. The Labute approximate surface area is 161 Å². The molecule has 0 radical (unpaired) electrons. The van der Waals surface area contributed by atoms with Gasteiger partial charge in [-0.05, 0) is 36.0 Å². The van der Waals surface area contributed by atoms with E-state index in [0.29, 0.717) is 26.1 Å². The van der Waals surface area contributed by atoms with Crippen molar-refractivity contribution in [3.63, 3.8) is 0 Å². The van der Waals surface area contributed by atoms with Gasteiger partial charge in [0, 0.05) is 39.5 Å². The molecule has 0 spiro atoms. The van der Waals surface area contributed by atoms with Gasteiger partial charge in [-0.3, -0.25) is 9.59 Å². The third kappa shape index (κ3) is 5.43. The second-order valence-corrected chi connectivity index (χ2v) is 7.18. The van der Waals surface area contributed by atoms with Gasteiger partial charge in [-0.15, -0.1) is 0 Å². The molecule has 2 amide bonds. The largest absolute Gasteiger partial charge is 0.342 e. The molecule has 0 N–H and O–H groups in total. The van der Waals surface area contributed by atoms with Crippen molar-refractivity contribution in [3.8, 4) is 0 Å². The monoisotopic (exact) mass is 364 g/mol. The van der Waals surface area contributed by atoms with Gasteiger partial charge in [0.05, 0.1) is 0 Å². The van der Waals surface area contributed by atoms with E-state index in [1.807, 2.05) is 29.2 Å². The van der Waals surface area contributed by atoms with Gasteiger partial charge in [-0.2, -0.15) is 0 Å². The Kier molecular flexibility index (Phi) is 6.64. The first-order valence-corrected chi connectivity index (χ1v) is 9.77. The fraction of sp³-hybridized carbons (Fsp3) is 0.391. The Morgan fingerprint density at radius 3 is 2.41 bits per heavy atom. The highest BCUT2D eigenvalue weighted by atomic mass is 16.2. The standard InChI is InChI=1S/C23H28N2O2/c1-19(26)24(15-7-10-20-8-3-2-4-9-20)17-14-23(27)25-16-13-21-11-5-6-12-22(21)18-25/h2-6,8-9,11-12H,7,10,13-18H2,1H3. The third-order valence-corrected chi connectivity index (χ3v) is 5.26. The van der Waals surface area contributed by atoms with Crippen LogP contribution in [0.5, 0.6) is 0 Å². The Balaban J connectivity index is 1.46. The number of carbonyl (C=O) groups excluding carboxylic acids is 2. The first-order valence-electron chi connectivity index (χ1n) is 9.77. The number of hydrogen-bond donors (Lipinski definition) is 0. The van der Waals surface area contributed by atoms with E-state index in [2.05, 4.69) is 30.3 Å². The van der Waals surface area contributed by atoms with Crippen LogP contribution >= 0.6 is 0 Å². The number of amides is 2. The minimum Gasteiger partial charge on any atom is -0.342 e. The predicted molar refractivity (Wildman–Crippen MR) is 107 cm³/mol. The summed E-state index contributed by atoms with van der Waals surface area (Å²) in [4.78, 5) is 28.3. The molecule has 0 aromatic heterocycles. The fourth-order valence-electron chi connectivity index (χ4n) is 3.64. The average molecular weight is 364 g/mol. The van der Waals surface area contributed by atoms with Crippen molar-refractivity contribution in [3.05, 3.63) is 71.3 Å². The van der Waals surface area contributed by atoms with E-state index in [1.54, 1.807) is 11.8 Å². The number of benzene rings is 2. The van der Waals surface area contributed by atoms with E-state index in [1.165, 1.54) is 16.7 Å². The molecule has 0 saturated carbocycles. The molecule has 2 aromatic rings. The summed E-state index contributed by atoms with van der Waals surface area (Å²) in [6.45, 7) is 4.23. The van der Waals surface area contributed by atoms with Gasteiger partial charge in [0.15, 0.2) is 0 Å². The molecule has 0 unspecified atom stereocenters. The highest BCUT2D eigenvalue weighted by Crippen LogP contribution is 2.19. The normalized spacial score (nSPS) is 13.1. The smallest absolute Gasteiger partial charge is 0.224 e. The van der Waals surface area contributed by atoms with Gasteiger partial charge < -0.3 is 9.80 Å². The van der Waals surface area contributed by atoms with Crippen molar-refractivity contribution in [1.29, 1.82) is 0 Å². The molecule has 3 rings (SSSR count). The third-order valence-electron chi connectivity index (χ3n) is 5.26. The molecule has 4 nitrogen and oxygen atoms in total. The molecule has 0 aliphatic carbocycles. The molecule has 0 fully saturated rings. The van der Waals surface area contributed by atoms with E-state index in [4.69, 9.17) is 0 Å². The number of hydrogen-bond acceptors (Lipinski definition) is 2. The zero-order valence-electron chi connectivity index (χ0n) is 16.1. The summed E-state index contributed by atoms with van der Waals surface area (Å²) >= 11 is 0. The summed E-state index contributed by atoms with van der Waals surface area (Å²) in [6, 6.07) is 18.6. The Bertz CT molecular complexity index is 773. The number of aryl methyl sites for hydroxylation is 1. The predicted octanol–water partition coefficient (Wildman–Crippen LogP) is 3.44. The molecule has 0 bridgehead atoms. The van der Waals surface area contributed by atoms with Gasteiger partial charge in [0.1, 0.15) is 0 Å². The first-order chi connectivity index (χ1) is 13.1. The Morgan fingerprint density at radius 2 is 1.67 bits per heavy atom. The number of carbonyl (C=O) groups is 2. The Morgan fingerprint density at radius 1 is 0.963 bits per heavy atom. The van der Waals surface area contributed by atoms with Gasteiger partial charge in [0.2, 0.25) is 11.8 Å². The van der Waals surface area contributed by atoms with Gasteiger partial charge in [-0.1, -0.05) is 54.6 Å². The maximum Gasteiger partial charge on any atom is 0.224 e. The van der Waals surface area contributed by atoms with Crippen LogP contribution in [0.25, 0.3) is 0 Å². The first kappa shape index (κ1) is 19.2. The summed E-state index contributed by atoms with van der Waals surface area (Å²) in [5, 5.41) is 0. The van der Waals surface area contributed by atoms with Gasteiger partial charge >= 0.3 is 0 Å². The van der Waals surface area contributed by atoms with E-state index in [9.17, 15) is 9.59 Å². The van der Waals surface area contributed by atoms with Crippen LogP contribution in [0.2, 0.25) is 0 Å². The lowest BCUT2D eigenvalue weighted by atomic mass is 10.00. The Hall–Kier alpha value is -2.62. The summed E-state index contributed by atoms with van der Waals surface area (Å²) in [5.74, 6) is 0.179. The lowest BCUT2D eigenvalue weighted by Gasteiger charge is -2.30. The quantitative estimate of drug-likeness (QED) is 0.755. The zero-order chi connectivity index (χ0) is 19.1. The minimum absolute atomic E-state index is 0.0415. The molecule has 1 heterocycles. The van der Waals surface area contributed by atoms with E-state index in [-0.39, 0.29) is 11.8 Å². The van der Waals surface area contributed by atoms with Crippen molar-refractivity contribution in [2.45, 2.75) is 39.2 Å². The van der Waals surface area contributed by atoms with Crippen LogP contribution in [-0.2, 0) is 29.0 Å². The number of nitrogens with zero attached hydrogens (tertiary/aromatic N) is 2. The van der Waals surface area contributed by atoms with E-state index >= 15 is 0 Å². The molecule has 1 aliphatic rings. The minimum atomic E-state index is 0.0415. The summed E-state index contributed by atoms with van der Waals surface area (Å²) in [5.41, 5.74) is 3.86. The molecule has 4 heteroatoms. The second kappa shape index (κ2) is 9.36. The molecule has 142 valence electrons. The second-order valence-electron chi connectivity index (χ2n) is 7.18. The van der Waals surface area contributed by atoms with Gasteiger partial charge in [-0.25, -0.2) is 0 Å².